The van der Waals surface area contributed by atoms with Gasteiger partial charge in [-0.15, -0.1) is 0 Å². The van der Waals surface area contributed by atoms with Crippen LogP contribution < -0.4 is 10.1 Å². The van der Waals surface area contributed by atoms with Crippen molar-refractivity contribution in [3.8, 4) is 5.75 Å². The molecular formula is C15H19F2NO2. The lowest BCUT2D eigenvalue weighted by Gasteiger charge is -2.33. The van der Waals surface area contributed by atoms with Crippen molar-refractivity contribution in [2.24, 2.45) is 5.92 Å². The van der Waals surface area contributed by atoms with E-state index in [4.69, 9.17) is 4.74 Å². The Morgan fingerprint density at radius 1 is 1.20 bits per heavy atom. The Morgan fingerprint density at radius 2 is 1.95 bits per heavy atom. The van der Waals surface area contributed by atoms with Gasteiger partial charge in [-0.25, -0.2) is 8.78 Å². The number of ether oxygens (including phenoxy) is 1. The third kappa shape index (κ3) is 2.94. The first-order chi connectivity index (χ1) is 9.63. The Hall–Kier alpha value is -1.20. The summed E-state index contributed by atoms with van der Waals surface area (Å²) in [7, 11) is 0. The molecule has 0 amide bonds. The Kier molecular flexibility index (Phi) is 3.65. The monoisotopic (exact) mass is 283 g/mol. The molecule has 0 saturated heterocycles. The molecule has 1 aromatic carbocycles. The van der Waals surface area contributed by atoms with Gasteiger partial charge in [-0.1, -0.05) is 0 Å². The summed E-state index contributed by atoms with van der Waals surface area (Å²) in [6.07, 6.45) is 4.39. The van der Waals surface area contributed by atoms with Gasteiger partial charge in [0, 0.05) is 12.1 Å². The van der Waals surface area contributed by atoms with Gasteiger partial charge in [-0.2, -0.15) is 0 Å². The molecule has 2 N–H and O–H groups in total. The van der Waals surface area contributed by atoms with Crippen LogP contribution in [0.1, 0.15) is 25.7 Å². The summed E-state index contributed by atoms with van der Waals surface area (Å²) in [5.74, 6) is -1.11. The van der Waals surface area contributed by atoms with E-state index in [9.17, 15) is 13.9 Å². The number of rotatable bonds is 7. The van der Waals surface area contributed by atoms with E-state index in [-0.39, 0.29) is 13.2 Å². The molecule has 5 heteroatoms. The van der Waals surface area contributed by atoms with E-state index in [0.29, 0.717) is 17.7 Å². The maximum absolute atomic E-state index is 13.2. The predicted octanol–water partition coefficient (Wildman–Crippen LogP) is 2.24. The van der Waals surface area contributed by atoms with Gasteiger partial charge in [0.2, 0.25) is 0 Å². The van der Waals surface area contributed by atoms with Gasteiger partial charge in [0.25, 0.3) is 0 Å². The van der Waals surface area contributed by atoms with E-state index in [1.165, 1.54) is 6.07 Å². The number of benzene rings is 1. The highest BCUT2D eigenvalue weighted by Crippen LogP contribution is 2.41. The minimum absolute atomic E-state index is 0.00214. The molecule has 3 rings (SSSR count). The summed E-state index contributed by atoms with van der Waals surface area (Å²) < 4.78 is 31.6. The third-order valence-corrected chi connectivity index (χ3v) is 4.10. The number of hydrogen-bond donors (Lipinski definition) is 2. The summed E-state index contributed by atoms with van der Waals surface area (Å²) in [4.78, 5) is 0. The lowest BCUT2D eigenvalue weighted by molar-refractivity contribution is 0.0829. The zero-order valence-corrected chi connectivity index (χ0v) is 11.2. The minimum Gasteiger partial charge on any atom is -0.491 e. The van der Waals surface area contributed by atoms with Gasteiger partial charge < -0.3 is 15.2 Å². The van der Waals surface area contributed by atoms with E-state index >= 15 is 0 Å². The smallest absolute Gasteiger partial charge is 0.162 e. The normalized spacial score (nSPS) is 21.6. The lowest BCUT2D eigenvalue weighted by atomic mass is 9.95. The molecule has 1 unspecified atom stereocenters. The maximum Gasteiger partial charge on any atom is 0.162 e. The summed E-state index contributed by atoms with van der Waals surface area (Å²) in [5.41, 5.74) is -0.452. The summed E-state index contributed by atoms with van der Waals surface area (Å²) in [6, 6.07) is 3.96. The summed E-state index contributed by atoms with van der Waals surface area (Å²) >= 11 is 0. The molecule has 3 nitrogen and oxygen atoms in total. The fourth-order valence-corrected chi connectivity index (χ4v) is 2.55. The van der Waals surface area contributed by atoms with Gasteiger partial charge in [-0.3, -0.25) is 0 Å². The molecule has 0 heterocycles. The Morgan fingerprint density at radius 3 is 2.50 bits per heavy atom. The first kappa shape index (κ1) is 13.8. The largest absolute Gasteiger partial charge is 0.491 e. The van der Waals surface area contributed by atoms with Crippen LogP contribution in [0.3, 0.4) is 0 Å². The molecule has 1 atom stereocenters. The zero-order valence-electron chi connectivity index (χ0n) is 11.2. The van der Waals surface area contributed by atoms with Crippen LogP contribution in [-0.2, 0) is 0 Å². The second kappa shape index (κ2) is 5.30. The second-order valence-corrected chi connectivity index (χ2v) is 5.87. The first-order valence-electron chi connectivity index (χ1n) is 7.09. The highest BCUT2D eigenvalue weighted by atomic mass is 19.2. The van der Waals surface area contributed by atoms with E-state index in [2.05, 4.69) is 5.32 Å². The van der Waals surface area contributed by atoms with Crippen molar-refractivity contribution in [3.63, 3.8) is 0 Å². The van der Waals surface area contributed by atoms with Crippen molar-refractivity contribution in [2.75, 3.05) is 13.2 Å². The molecule has 110 valence electrons. The van der Waals surface area contributed by atoms with E-state index in [1.807, 2.05) is 0 Å². The number of halogens is 2. The average molecular weight is 283 g/mol. The van der Waals surface area contributed by atoms with Crippen LogP contribution >= 0.6 is 0 Å². The molecule has 0 aromatic heterocycles. The number of aliphatic hydroxyl groups is 1. The number of nitrogens with one attached hydrogen (secondary N) is 1. The molecule has 2 fully saturated rings. The maximum atomic E-state index is 13.2. The van der Waals surface area contributed by atoms with Crippen LogP contribution in [0.5, 0.6) is 5.75 Å². The van der Waals surface area contributed by atoms with Crippen molar-refractivity contribution in [1.29, 1.82) is 0 Å². The van der Waals surface area contributed by atoms with Crippen LogP contribution in [0.15, 0.2) is 18.2 Å². The van der Waals surface area contributed by atoms with Gasteiger partial charge in [0.15, 0.2) is 11.6 Å². The Bertz CT molecular complexity index is 489. The fourth-order valence-electron chi connectivity index (χ4n) is 2.55. The van der Waals surface area contributed by atoms with Crippen LogP contribution in [0.25, 0.3) is 0 Å². The highest BCUT2D eigenvalue weighted by molar-refractivity contribution is 5.24. The van der Waals surface area contributed by atoms with Crippen LogP contribution in [0.4, 0.5) is 8.78 Å². The Balaban J connectivity index is 1.67. The van der Waals surface area contributed by atoms with Crippen LogP contribution in [0.2, 0.25) is 0 Å². The van der Waals surface area contributed by atoms with Gasteiger partial charge in [0.1, 0.15) is 12.4 Å². The predicted molar refractivity (Wildman–Crippen MR) is 70.6 cm³/mol. The average Bonchev–Trinajstić information content (AvgIpc) is 3.31. The van der Waals surface area contributed by atoms with E-state index in [1.54, 1.807) is 0 Å². The molecule has 2 aliphatic rings. The standard InChI is InChI=1S/C15H19F2NO2/c16-13-6-5-12(7-14(13)17)20-9-15(8-19,10-1-2-10)18-11-3-4-11/h5-7,10-11,18-19H,1-4,8-9H2. The fraction of sp³-hybridized carbons (Fsp3) is 0.600. The number of hydrogen-bond acceptors (Lipinski definition) is 3. The molecule has 2 aliphatic carbocycles. The molecule has 0 bridgehead atoms. The summed E-state index contributed by atoms with van der Waals surface area (Å²) in [6.45, 7) is 0.271. The molecule has 0 spiro atoms. The van der Waals surface area contributed by atoms with Crippen molar-refractivity contribution >= 4 is 0 Å². The second-order valence-electron chi connectivity index (χ2n) is 5.87. The molecule has 0 radical (unpaired) electrons. The molecular weight excluding hydrogens is 264 g/mol. The van der Waals surface area contributed by atoms with Crippen molar-refractivity contribution in [1.82, 2.24) is 5.32 Å². The van der Waals surface area contributed by atoms with Crippen LogP contribution in [-0.4, -0.2) is 29.9 Å². The highest BCUT2D eigenvalue weighted by Gasteiger charge is 2.48. The first-order valence-corrected chi connectivity index (χ1v) is 7.09. The third-order valence-electron chi connectivity index (χ3n) is 4.10. The van der Waals surface area contributed by atoms with Crippen molar-refractivity contribution < 1.29 is 18.6 Å². The molecule has 20 heavy (non-hydrogen) atoms. The molecule has 0 aliphatic heterocycles. The van der Waals surface area contributed by atoms with E-state index in [0.717, 1.165) is 37.8 Å². The van der Waals surface area contributed by atoms with Gasteiger partial charge >= 0.3 is 0 Å². The summed E-state index contributed by atoms with van der Waals surface area (Å²) in [5, 5.41) is 13.2. The number of aliphatic hydroxyl groups excluding tert-OH is 1. The van der Waals surface area contributed by atoms with Crippen LogP contribution in [0, 0.1) is 17.6 Å². The van der Waals surface area contributed by atoms with Gasteiger partial charge in [-0.05, 0) is 43.7 Å². The van der Waals surface area contributed by atoms with Crippen molar-refractivity contribution in [3.05, 3.63) is 29.8 Å². The quantitative estimate of drug-likeness (QED) is 0.806. The van der Waals surface area contributed by atoms with E-state index < -0.39 is 17.2 Å². The molecule has 2 saturated carbocycles. The SMILES string of the molecule is OCC(COc1ccc(F)c(F)c1)(NC1CC1)C1CC1. The van der Waals surface area contributed by atoms with Gasteiger partial charge in [0.05, 0.1) is 12.1 Å². The Labute approximate surface area is 116 Å². The minimum atomic E-state index is -0.918. The van der Waals surface area contributed by atoms with Crippen molar-refractivity contribution in [2.45, 2.75) is 37.3 Å². The lowest BCUT2D eigenvalue weighted by Crippen LogP contribution is -2.56. The topological polar surface area (TPSA) is 41.5 Å². The zero-order chi connectivity index (χ0) is 14.2. The molecule has 1 aromatic rings.